The van der Waals surface area contributed by atoms with Gasteiger partial charge in [-0.05, 0) is 44.9 Å². The van der Waals surface area contributed by atoms with Crippen molar-refractivity contribution in [1.29, 1.82) is 5.26 Å². The average Bonchev–Trinajstić information content (AvgIpc) is 3.02. The van der Waals surface area contributed by atoms with Gasteiger partial charge >= 0.3 is 5.97 Å². The van der Waals surface area contributed by atoms with Crippen molar-refractivity contribution in [3.63, 3.8) is 0 Å². The maximum atomic E-state index is 12.9. The van der Waals surface area contributed by atoms with E-state index in [-0.39, 0.29) is 35.4 Å². The van der Waals surface area contributed by atoms with Crippen molar-refractivity contribution in [2.75, 3.05) is 17.3 Å². The second kappa shape index (κ2) is 8.44. The number of para-hydroxylation sites is 1. The largest absolute Gasteiger partial charge is 0.462 e. The van der Waals surface area contributed by atoms with Crippen LogP contribution in [0.4, 0.5) is 5.69 Å². The highest BCUT2D eigenvalue weighted by Crippen LogP contribution is 2.33. The highest BCUT2D eigenvalue weighted by molar-refractivity contribution is 8.00. The van der Waals surface area contributed by atoms with Crippen LogP contribution in [0.15, 0.2) is 35.4 Å². The van der Waals surface area contributed by atoms with E-state index in [4.69, 9.17) is 4.74 Å². The lowest BCUT2D eigenvalue weighted by atomic mass is 10.1. The van der Waals surface area contributed by atoms with Gasteiger partial charge in [-0.15, -0.1) is 0 Å². The predicted octanol–water partition coefficient (Wildman–Crippen LogP) is 3.51. The zero-order valence-corrected chi connectivity index (χ0v) is 16.9. The van der Waals surface area contributed by atoms with Gasteiger partial charge in [-0.3, -0.25) is 4.79 Å². The Bertz CT molecular complexity index is 968. The Kier molecular flexibility index (Phi) is 6.00. The van der Waals surface area contributed by atoms with Gasteiger partial charge in [-0.25, -0.2) is 9.78 Å². The number of carbonyl (C=O) groups is 2. The third-order valence-corrected chi connectivity index (χ3v) is 5.58. The van der Waals surface area contributed by atoms with Gasteiger partial charge < -0.3 is 9.64 Å². The zero-order valence-electron chi connectivity index (χ0n) is 16.1. The molecule has 0 fully saturated rings. The molecular weight excluding hydrogens is 374 g/mol. The van der Waals surface area contributed by atoms with Crippen molar-refractivity contribution in [3.05, 3.63) is 52.7 Å². The van der Waals surface area contributed by atoms with Gasteiger partial charge in [0.15, 0.2) is 0 Å². The van der Waals surface area contributed by atoms with E-state index in [0.29, 0.717) is 10.7 Å². The number of ether oxygens (including phenoxy) is 1. The lowest BCUT2D eigenvalue weighted by molar-refractivity contribution is -0.116. The molecule has 1 atom stereocenters. The van der Waals surface area contributed by atoms with Crippen molar-refractivity contribution >= 4 is 29.3 Å². The predicted molar refractivity (Wildman–Crippen MR) is 107 cm³/mol. The van der Waals surface area contributed by atoms with Gasteiger partial charge in [-0.2, -0.15) is 5.26 Å². The minimum Gasteiger partial charge on any atom is -0.462 e. The Labute approximate surface area is 168 Å². The van der Waals surface area contributed by atoms with E-state index in [9.17, 15) is 14.9 Å². The van der Waals surface area contributed by atoms with E-state index >= 15 is 0 Å². The van der Waals surface area contributed by atoms with E-state index in [1.165, 1.54) is 23.4 Å². The number of aromatic nitrogens is 1. The molecule has 0 saturated carbocycles. The van der Waals surface area contributed by atoms with Gasteiger partial charge in [0.2, 0.25) is 5.91 Å². The van der Waals surface area contributed by atoms with E-state index < -0.39 is 5.97 Å². The molecule has 0 unspecified atom stereocenters. The van der Waals surface area contributed by atoms with Gasteiger partial charge in [0.25, 0.3) is 0 Å². The topological polar surface area (TPSA) is 83.3 Å². The molecule has 2 heterocycles. The summed E-state index contributed by atoms with van der Waals surface area (Å²) in [5.41, 5.74) is 3.13. The number of hydrogen-bond donors (Lipinski definition) is 0. The molecule has 7 heteroatoms. The third-order valence-electron chi connectivity index (χ3n) is 4.60. The lowest BCUT2D eigenvalue weighted by Crippen LogP contribution is -2.37. The number of fused-ring (bicyclic) bond motifs is 1. The Morgan fingerprint density at radius 3 is 2.86 bits per heavy atom. The monoisotopic (exact) mass is 395 g/mol. The summed E-state index contributed by atoms with van der Waals surface area (Å²) in [7, 11) is 0. The number of nitriles is 1. The zero-order chi connectivity index (χ0) is 20.3. The Hall–Kier alpha value is -2.85. The highest BCUT2D eigenvalue weighted by Gasteiger charge is 2.30. The first-order valence-electron chi connectivity index (χ1n) is 9.07. The standard InChI is InChI=1S/C21H21N3O3S/c1-4-27-21(26)17-10-16(11-22)20(23-14(17)3)28-12-19(25)24-13(2)9-15-7-5-6-8-18(15)24/h5-8,10,13H,4,9,12H2,1-3H3/t13-/m0/s1. The number of hydrogen-bond acceptors (Lipinski definition) is 6. The maximum Gasteiger partial charge on any atom is 0.340 e. The van der Waals surface area contributed by atoms with E-state index in [2.05, 4.69) is 11.1 Å². The molecule has 6 nitrogen and oxygen atoms in total. The normalized spacial score (nSPS) is 15.1. The second-order valence-corrected chi connectivity index (χ2v) is 7.50. The summed E-state index contributed by atoms with van der Waals surface area (Å²) in [6, 6.07) is 11.6. The van der Waals surface area contributed by atoms with Crippen molar-refractivity contribution in [2.45, 2.75) is 38.3 Å². The number of thioether (sulfide) groups is 1. The Balaban J connectivity index is 1.78. The first kappa shape index (κ1) is 19.9. The Morgan fingerprint density at radius 1 is 1.39 bits per heavy atom. The SMILES string of the molecule is CCOC(=O)c1cc(C#N)c(SCC(=O)N2c3ccccc3C[C@@H]2C)nc1C. The number of aryl methyl sites for hydroxylation is 1. The number of carbonyl (C=O) groups excluding carboxylic acids is 2. The van der Waals surface area contributed by atoms with Crippen molar-refractivity contribution in [2.24, 2.45) is 0 Å². The minimum atomic E-state index is -0.501. The quantitative estimate of drug-likeness (QED) is 0.569. The first-order valence-corrected chi connectivity index (χ1v) is 10.1. The fraction of sp³-hybridized carbons (Fsp3) is 0.333. The Morgan fingerprint density at radius 2 is 2.14 bits per heavy atom. The van der Waals surface area contributed by atoms with Crippen LogP contribution in [-0.2, 0) is 16.0 Å². The molecular formula is C21H21N3O3S. The summed E-state index contributed by atoms with van der Waals surface area (Å²) in [5.74, 6) is -0.363. The minimum absolute atomic E-state index is 0.0275. The first-order chi connectivity index (χ1) is 13.5. The molecule has 1 aliphatic heterocycles. The number of pyridine rings is 1. The smallest absolute Gasteiger partial charge is 0.340 e. The van der Waals surface area contributed by atoms with Crippen LogP contribution in [0.25, 0.3) is 0 Å². The number of esters is 1. The van der Waals surface area contributed by atoms with Crippen LogP contribution in [-0.4, -0.2) is 35.3 Å². The molecule has 2 aromatic rings. The van der Waals surface area contributed by atoms with Crippen LogP contribution in [0, 0.1) is 18.3 Å². The molecule has 0 saturated heterocycles. The summed E-state index contributed by atoms with van der Waals surface area (Å²) in [4.78, 5) is 31.0. The van der Waals surface area contributed by atoms with E-state index in [1.807, 2.05) is 36.1 Å². The molecule has 1 aromatic heterocycles. The second-order valence-electron chi connectivity index (χ2n) is 6.54. The van der Waals surface area contributed by atoms with Gasteiger partial charge in [0, 0.05) is 11.7 Å². The lowest BCUT2D eigenvalue weighted by Gasteiger charge is -2.22. The van der Waals surface area contributed by atoms with Gasteiger partial charge in [0.1, 0.15) is 11.1 Å². The molecule has 144 valence electrons. The van der Waals surface area contributed by atoms with Crippen LogP contribution in [0.1, 0.15) is 41.0 Å². The number of benzene rings is 1. The van der Waals surface area contributed by atoms with Crippen LogP contribution in [0.3, 0.4) is 0 Å². The number of nitrogens with zero attached hydrogens (tertiary/aromatic N) is 3. The molecule has 0 N–H and O–H groups in total. The summed E-state index contributed by atoms with van der Waals surface area (Å²) in [5, 5.41) is 9.89. The van der Waals surface area contributed by atoms with Crippen LogP contribution in [0.5, 0.6) is 0 Å². The van der Waals surface area contributed by atoms with Crippen LogP contribution >= 0.6 is 11.8 Å². The van der Waals surface area contributed by atoms with Crippen molar-refractivity contribution in [3.8, 4) is 6.07 Å². The van der Waals surface area contributed by atoms with Crippen molar-refractivity contribution in [1.82, 2.24) is 4.98 Å². The number of anilines is 1. The summed E-state index contributed by atoms with van der Waals surface area (Å²) in [6.45, 7) is 5.69. The highest BCUT2D eigenvalue weighted by atomic mass is 32.2. The van der Waals surface area contributed by atoms with Crippen molar-refractivity contribution < 1.29 is 14.3 Å². The summed E-state index contributed by atoms with van der Waals surface area (Å²) >= 11 is 1.21. The molecule has 0 aliphatic carbocycles. The molecule has 1 aromatic carbocycles. The van der Waals surface area contributed by atoms with Gasteiger partial charge in [0.05, 0.1) is 29.2 Å². The number of rotatable bonds is 5. The fourth-order valence-electron chi connectivity index (χ4n) is 3.33. The van der Waals surface area contributed by atoms with E-state index in [1.54, 1.807) is 13.8 Å². The van der Waals surface area contributed by atoms with Gasteiger partial charge in [-0.1, -0.05) is 30.0 Å². The molecule has 3 rings (SSSR count). The van der Waals surface area contributed by atoms with Crippen LogP contribution in [0.2, 0.25) is 0 Å². The molecule has 28 heavy (non-hydrogen) atoms. The van der Waals surface area contributed by atoms with Crippen LogP contribution < -0.4 is 4.90 Å². The number of amides is 1. The summed E-state index contributed by atoms with van der Waals surface area (Å²) < 4.78 is 5.00. The average molecular weight is 395 g/mol. The molecule has 0 spiro atoms. The molecule has 1 aliphatic rings. The third kappa shape index (κ3) is 3.87. The molecule has 1 amide bonds. The summed E-state index contributed by atoms with van der Waals surface area (Å²) in [6.07, 6.45) is 0.835. The fourth-order valence-corrected chi connectivity index (χ4v) is 4.19. The van der Waals surface area contributed by atoms with E-state index in [0.717, 1.165) is 12.1 Å². The molecule has 0 bridgehead atoms. The molecule has 0 radical (unpaired) electrons. The maximum absolute atomic E-state index is 12.9.